The Labute approximate surface area is 176 Å². The van der Waals surface area contributed by atoms with Crippen molar-refractivity contribution in [2.75, 3.05) is 0 Å². The molecule has 3 aliphatic rings. The van der Waals surface area contributed by atoms with Gasteiger partial charge in [0, 0.05) is 26.3 Å². The van der Waals surface area contributed by atoms with E-state index >= 15 is 0 Å². The minimum atomic E-state index is 0. The van der Waals surface area contributed by atoms with Gasteiger partial charge in [0.2, 0.25) is 0 Å². The summed E-state index contributed by atoms with van der Waals surface area (Å²) >= 11 is 3.74. The minimum absolute atomic E-state index is 0. The van der Waals surface area contributed by atoms with Crippen LogP contribution in [-0.2, 0) is 20.1 Å². The van der Waals surface area contributed by atoms with Crippen LogP contribution in [0, 0.1) is 6.07 Å². The monoisotopic (exact) mass is 581 g/mol. The largest absolute Gasteiger partial charge is 0.304 e. The van der Waals surface area contributed by atoms with Crippen molar-refractivity contribution in [3.8, 4) is 22.4 Å². The summed E-state index contributed by atoms with van der Waals surface area (Å²) in [6, 6.07) is 20.4. The van der Waals surface area contributed by atoms with Crippen molar-refractivity contribution in [1.29, 1.82) is 0 Å². The fourth-order valence-electron chi connectivity index (χ4n) is 4.49. The fourth-order valence-corrected chi connectivity index (χ4v) is 5.06. The van der Waals surface area contributed by atoms with Crippen molar-refractivity contribution < 1.29 is 20.1 Å². The van der Waals surface area contributed by atoms with Crippen LogP contribution in [0.5, 0.6) is 0 Å². The average molecular weight is 582 g/mol. The van der Waals surface area contributed by atoms with Gasteiger partial charge in [0.05, 0.1) is 0 Å². The molecule has 1 aromatic heterocycles. The first-order valence-corrected chi connectivity index (χ1v) is 9.86. The van der Waals surface area contributed by atoms with E-state index in [-0.39, 0.29) is 20.1 Å². The Hall–Kier alpha value is -1.28. The standard InChI is InChI=1S/C23H19BrN.Ir/c24-22-12-18(10-11-19(22)15-4-2-1-3-5-15)23-13-20-16-6-8-17(9-7-16)21(20)14-25-23;/h1-5,11-14,16-17H,6-9H2;/q-1;. The van der Waals surface area contributed by atoms with Gasteiger partial charge in [0.15, 0.2) is 0 Å². The molecule has 0 spiro atoms. The van der Waals surface area contributed by atoms with E-state index in [9.17, 15) is 0 Å². The van der Waals surface area contributed by atoms with Crippen LogP contribution in [0.2, 0.25) is 0 Å². The molecule has 3 heteroatoms. The van der Waals surface area contributed by atoms with E-state index < -0.39 is 0 Å². The Morgan fingerprint density at radius 2 is 1.62 bits per heavy atom. The molecule has 0 N–H and O–H groups in total. The van der Waals surface area contributed by atoms with Gasteiger partial charge >= 0.3 is 0 Å². The number of fused-ring (bicyclic) bond motifs is 2. The molecule has 1 radical (unpaired) electrons. The van der Waals surface area contributed by atoms with Crippen LogP contribution in [0.25, 0.3) is 22.4 Å². The van der Waals surface area contributed by atoms with Crippen LogP contribution in [0.1, 0.15) is 48.6 Å². The number of nitrogens with zero attached hydrogens (tertiary/aromatic N) is 1. The molecule has 1 heterocycles. The number of rotatable bonds is 2. The fraction of sp³-hybridized carbons (Fsp3) is 0.261. The second-order valence-corrected chi connectivity index (χ2v) is 8.08. The molecule has 1 fully saturated rings. The molecular weight excluding hydrogens is 562 g/mol. The van der Waals surface area contributed by atoms with Crippen molar-refractivity contribution in [2.45, 2.75) is 37.5 Å². The van der Waals surface area contributed by atoms with Crippen molar-refractivity contribution >= 4 is 15.9 Å². The quantitative estimate of drug-likeness (QED) is 0.306. The molecule has 0 unspecified atom stereocenters. The van der Waals surface area contributed by atoms with Crippen LogP contribution in [-0.4, -0.2) is 4.98 Å². The Kier molecular flexibility index (Phi) is 5.14. The maximum Gasteiger partial charge on any atom is 0.0198 e. The zero-order chi connectivity index (χ0) is 16.8. The Morgan fingerprint density at radius 3 is 2.31 bits per heavy atom. The van der Waals surface area contributed by atoms with E-state index in [0.717, 1.165) is 27.6 Å². The van der Waals surface area contributed by atoms with Crippen molar-refractivity contribution in [3.63, 3.8) is 0 Å². The molecule has 2 bridgehead atoms. The van der Waals surface area contributed by atoms with Gasteiger partial charge in [0.1, 0.15) is 0 Å². The predicted molar refractivity (Wildman–Crippen MR) is 106 cm³/mol. The zero-order valence-electron chi connectivity index (χ0n) is 14.3. The van der Waals surface area contributed by atoms with Gasteiger partial charge in [-0.1, -0.05) is 67.9 Å². The van der Waals surface area contributed by atoms with Crippen molar-refractivity contribution in [1.82, 2.24) is 4.98 Å². The predicted octanol–water partition coefficient (Wildman–Crippen LogP) is 6.73. The third-order valence-electron chi connectivity index (χ3n) is 5.84. The van der Waals surface area contributed by atoms with Crippen LogP contribution in [0.15, 0.2) is 59.2 Å². The molecule has 1 saturated carbocycles. The molecule has 3 aromatic rings. The maximum absolute atomic E-state index is 4.77. The average Bonchev–Trinajstić information content (AvgIpc) is 2.69. The summed E-state index contributed by atoms with van der Waals surface area (Å²) in [5.41, 5.74) is 7.53. The smallest absolute Gasteiger partial charge is 0.0198 e. The van der Waals surface area contributed by atoms with E-state index in [4.69, 9.17) is 4.98 Å². The third kappa shape index (κ3) is 3.11. The normalized spacial score (nSPS) is 20.3. The molecule has 6 rings (SSSR count). The van der Waals surface area contributed by atoms with E-state index in [1.165, 1.54) is 42.4 Å². The molecule has 26 heavy (non-hydrogen) atoms. The second kappa shape index (κ2) is 7.38. The summed E-state index contributed by atoms with van der Waals surface area (Å²) in [5.74, 6) is 1.49. The molecule has 1 nitrogen and oxygen atoms in total. The number of hydrogen-bond acceptors (Lipinski definition) is 1. The van der Waals surface area contributed by atoms with Gasteiger partial charge in [-0.15, -0.1) is 23.8 Å². The number of aromatic nitrogens is 1. The molecule has 2 aromatic carbocycles. The Bertz CT molecular complexity index is 930. The first-order valence-electron chi connectivity index (χ1n) is 9.06. The number of halogens is 1. The molecule has 0 atom stereocenters. The van der Waals surface area contributed by atoms with Gasteiger partial charge < -0.3 is 4.98 Å². The number of hydrogen-bond donors (Lipinski definition) is 0. The number of benzene rings is 2. The van der Waals surface area contributed by atoms with E-state index in [1.807, 2.05) is 6.07 Å². The van der Waals surface area contributed by atoms with E-state index in [1.54, 1.807) is 5.56 Å². The summed E-state index contributed by atoms with van der Waals surface area (Å²) < 4.78 is 1.09. The van der Waals surface area contributed by atoms with Crippen molar-refractivity contribution in [2.24, 2.45) is 0 Å². The maximum atomic E-state index is 4.77. The topological polar surface area (TPSA) is 12.9 Å². The molecule has 133 valence electrons. The van der Waals surface area contributed by atoms with Gasteiger partial charge in [0.25, 0.3) is 0 Å². The van der Waals surface area contributed by atoms with Gasteiger partial charge in [-0.25, -0.2) is 0 Å². The van der Waals surface area contributed by atoms with E-state index in [0.29, 0.717) is 0 Å². The van der Waals surface area contributed by atoms with Gasteiger partial charge in [-0.2, -0.15) is 0 Å². The summed E-state index contributed by atoms with van der Waals surface area (Å²) in [7, 11) is 0. The first kappa shape index (κ1) is 18.1. The second-order valence-electron chi connectivity index (χ2n) is 7.22. The third-order valence-corrected chi connectivity index (χ3v) is 6.49. The Morgan fingerprint density at radius 1 is 0.923 bits per heavy atom. The molecule has 0 aliphatic heterocycles. The van der Waals surface area contributed by atoms with Crippen molar-refractivity contribution in [3.05, 3.63) is 76.4 Å². The minimum Gasteiger partial charge on any atom is -0.304 e. The van der Waals surface area contributed by atoms with Crippen LogP contribution in [0.4, 0.5) is 0 Å². The van der Waals surface area contributed by atoms with E-state index in [2.05, 4.69) is 70.7 Å². The number of pyridine rings is 1. The summed E-state index contributed by atoms with van der Waals surface area (Å²) in [5, 5.41) is 0. The zero-order valence-corrected chi connectivity index (χ0v) is 18.3. The SMILES string of the molecule is Brc1cc(-c2cc3c(cn2)C2CCC3CC2)[c-]cc1-c1ccccc1.[Ir]. The molecule has 0 amide bonds. The molecule has 3 aliphatic carbocycles. The van der Waals surface area contributed by atoms with Gasteiger partial charge in [-0.05, 0) is 54.3 Å². The summed E-state index contributed by atoms with van der Waals surface area (Å²) in [6.45, 7) is 0. The molecular formula is C23H19BrIrN-. The first-order chi connectivity index (χ1) is 12.3. The van der Waals surface area contributed by atoms with Crippen LogP contribution >= 0.6 is 15.9 Å². The van der Waals surface area contributed by atoms with Crippen LogP contribution < -0.4 is 0 Å². The summed E-state index contributed by atoms with van der Waals surface area (Å²) in [4.78, 5) is 4.77. The van der Waals surface area contributed by atoms with Crippen LogP contribution in [0.3, 0.4) is 0 Å². The van der Waals surface area contributed by atoms with Gasteiger partial charge in [-0.3, -0.25) is 0 Å². The Balaban J connectivity index is 0.00000168. The molecule has 0 saturated heterocycles. The summed E-state index contributed by atoms with van der Waals surface area (Å²) in [6.07, 6.45) is 7.53.